The van der Waals surface area contributed by atoms with E-state index in [0.29, 0.717) is 11.6 Å². The highest BCUT2D eigenvalue weighted by molar-refractivity contribution is 7.98. The number of halogens is 4. The van der Waals surface area contributed by atoms with Crippen molar-refractivity contribution in [3.8, 4) is 5.75 Å². The van der Waals surface area contributed by atoms with Gasteiger partial charge in [0.1, 0.15) is 5.02 Å². The van der Waals surface area contributed by atoms with Crippen molar-refractivity contribution < 1.29 is 23.3 Å². The van der Waals surface area contributed by atoms with Gasteiger partial charge in [0.05, 0.1) is 0 Å². The van der Waals surface area contributed by atoms with Crippen LogP contribution in [0, 0.1) is 0 Å². The van der Waals surface area contributed by atoms with Gasteiger partial charge in [0.15, 0.2) is 22.8 Å². The highest BCUT2D eigenvalue weighted by atomic mass is 35.5. The van der Waals surface area contributed by atoms with Crippen molar-refractivity contribution in [3.63, 3.8) is 0 Å². The molecule has 0 saturated heterocycles. The first-order valence-electron chi connectivity index (χ1n) is 5.46. The maximum Gasteiger partial charge on any atom is 0.433 e. The van der Waals surface area contributed by atoms with Gasteiger partial charge in [-0.3, -0.25) is 4.79 Å². The molecule has 10 heteroatoms. The molecule has 0 unspecified atom stereocenters. The molecule has 0 fully saturated rings. The number of alkyl halides is 3. The van der Waals surface area contributed by atoms with Crippen molar-refractivity contribution in [2.45, 2.75) is 17.1 Å². The van der Waals surface area contributed by atoms with Gasteiger partial charge < -0.3 is 10.1 Å². The van der Waals surface area contributed by atoms with Gasteiger partial charge in [0, 0.05) is 17.4 Å². The lowest BCUT2D eigenvalue weighted by Crippen LogP contribution is -2.16. The van der Waals surface area contributed by atoms with Crippen LogP contribution < -0.4 is 10.5 Å². The predicted octanol–water partition coefficient (Wildman–Crippen LogP) is 2.25. The largest absolute Gasteiger partial charge is 0.502 e. The van der Waals surface area contributed by atoms with Gasteiger partial charge in [-0.15, -0.1) is 0 Å². The van der Waals surface area contributed by atoms with Crippen molar-refractivity contribution >= 4 is 23.4 Å². The van der Waals surface area contributed by atoms with Crippen LogP contribution in [-0.2, 0) is 11.9 Å². The van der Waals surface area contributed by atoms with Crippen LogP contribution >= 0.6 is 23.4 Å². The molecule has 0 atom stereocenters. The first-order chi connectivity index (χ1) is 9.77. The van der Waals surface area contributed by atoms with E-state index in [1.54, 1.807) is 0 Å². The minimum Gasteiger partial charge on any atom is -0.502 e. The Morgan fingerprint density at radius 3 is 2.76 bits per heavy atom. The minimum absolute atomic E-state index is 0.0452. The molecule has 2 aromatic heterocycles. The molecule has 2 heterocycles. The van der Waals surface area contributed by atoms with Crippen molar-refractivity contribution in [1.29, 1.82) is 0 Å². The molecule has 0 aliphatic carbocycles. The Morgan fingerprint density at radius 1 is 1.43 bits per heavy atom. The SMILES string of the molecule is O=c1cc(C(F)(F)F)nc(SCc2c(O)c[nH+]cc2Cl)[nH]1. The molecule has 0 bridgehead atoms. The molecule has 0 aliphatic rings. The maximum absolute atomic E-state index is 12.5. The van der Waals surface area contributed by atoms with E-state index in [1.807, 2.05) is 0 Å². The molecule has 2 aromatic rings. The zero-order valence-electron chi connectivity index (χ0n) is 10.2. The van der Waals surface area contributed by atoms with Crippen LogP contribution in [0.2, 0.25) is 5.02 Å². The third-order valence-corrected chi connectivity index (χ3v) is 3.63. The van der Waals surface area contributed by atoms with Crippen LogP contribution in [0.5, 0.6) is 5.75 Å². The summed E-state index contributed by atoms with van der Waals surface area (Å²) >= 11 is 6.68. The summed E-state index contributed by atoms with van der Waals surface area (Å²) in [4.78, 5) is 19.3. The van der Waals surface area contributed by atoms with E-state index in [0.717, 1.165) is 11.8 Å². The van der Waals surface area contributed by atoms with E-state index in [2.05, 4.69) is 15.0 Å². The number of hydrogen-bond acceptors (Lipinski definition) is 4. The summed E-state index contributed by atoms with van der Waals surface area (Å²) in [6.45, 7) is 0. The summed E-state index contributed by atoms with van der Waals surface area (Å²) < 4.78 is 37.6. The Labute approximate surface area is 125 Å². The van der Waals surface area contributed by atoms with E-state index in [4.69, 9.17) is 11.6 Å². The summed E-state index contributed by atoms with van der Waals surface area (Å²) in [6, 6.07) is 0.381. The van der Waals surface area contributed by atoms with Crippen LogP contribution in [0.3, 0.4) is 0 Å². The Morgan fingerprint density at radius 2 is 2.14 bits per heavy atom. The molecule has 0 amide bonds. The number of thioether (sulfide) groups is 1. The molecule has 5 nitrogen and oxygen atoms in total. The van der Waals surface area contributed by atoms with E-state index >= 15 is 0 Å². The number of aromatic amines is 2. The fraction of sp³-hybridized carbons (Fsp3) is 0.182. The standard InChI is InChI=1S/C11H7ClF3N3O2S/c12-6-2-16-3-7(19)5(6)4-21-10-17-8(11(13,14)15)1-9(20)18-10/h1-3,19H,4H2,(H,17,18,20)/p+1. The Hall–Kier alpha value is -1.74. The summed E-state index contributed by atoms with van der Waals surface area (Å²) in [5.41, 5.74) is -1.86. The number of hydrogen-bond donors (Lipinski definition) is 2. The summed E-state index contributed by atoms with van der Waals surface area (Å²) in [6.07, 6.45) is -2.01. The first-order valence-corrected chi connectivity index (χ1v) is 6.82. The second kappa shape index (κ2) is 5.94. The average Bonchev–Trinajstić information content (AvgIpc) is 2.36. The maximum atomic E-state index is 12.5. The van der Waals surface area contributed by atoms with Gasteiger partial charge in [-0.05, 0) is 0 Å². The third-order valence-electron chi connectivity index (χ3n) is 2.39. The molecular formula is C11H8ClF3N3O2S+. The molecular weight excluding hydrogens is 331 g/mol. The second-order valence-corrected chi connectivity index (χ2v) is 5.26. The van der Waals surface area contributed by atoms with Gasteiger partial charge in [0.25, 0.3) is 5.56 Å². The number of nitrogens with zero attached hydrogens (tertiary/aromatic N) is 1. The van der Waals surface area contributed by atoms with Crippen LogP contribution in [0.4, 0.5) is 13.2 Å². The van der Waals surface area contributed by atoms with E-state index in [9.17, 15) is 23.1 Å². The lowest BCUT2D eigenvalue weighted by atomic mass is 10.3. The average molecular weight is 339 g/mol. The lowest BCUT2D eigenvalue weighted by molar-refractivity contribution is -0.379. The molecule has 0 aliphatic heterocycles. The number of aromatic nitrogens is 3. The summed E-state index contributed by atoms with van der Waals surface area (Å²) in [7, 11) is 0. The number of nitrogens with one attached hydrogen (secondary N) is 2. The van der Waals surface area contributed by atoms with E-state index in [1.165, 1.54) is 12.4 Å². The van der Waals surface area contributed by atoms with E-state index in [-0.39, 0.29) is 21.7 Å². The molecule has 0 saturated carbocycles. The molecule has 0 radical (unpaired) electrons. The zero-order valence-corrected chi connectivity index (χ0v) is 11.7. The molecule has 112 valence electrons. The van der Waals surface area contributed by atoms with E-state index < -0.39 is 17.4 Å². The van der Waals surface area contributed by atoms with Crippen LogP contribution in [0.1, 0.15) is 11.3 Å². The number of aromatic hydroxyl groups is 1. The number of pyridine rings is 1. The smallest absolute Gasteiger partial charge is 0.433 e. The van der Waals surface area contributed by atoms with Gasteiger partial charge >= 0.3 is 6.18 Å². The highest BCUT2D eigenvalue weighted by Crippen LogP contribution is 2.31. The van der Waals surface area contributed by atoms with Crippen LogP contribution in [0.15, 0.2) is 28.4 Å². The van der Waals surface area contributed by atoms with Gasteiger partial charge in [-0.2, -0.15) is 13.2 Å². The topological polar surface area (TPSA) is 80.1 Å². The Balaban J connectivity index is 2.25. The highest BCUT2D eigenvalue weighted by Gasteiger charge is 2.33. The van der Waals surface area contributed by atoms with Crippen molar-refractivity contribution in [1.82, 2.24) is 9.97 Å². The monoisotopic (exact) mass is 338 g/mol. The summed E-state index contributed by atoms with van der Waals surface area (Å²) in [5, 5.41) is 9.62. The van der Waals surface area contributed by atoms with Gasteiger partial charge in [-0.25, -0.2) is 9.97 Å². The Bertz CT molecular complexity index is 700. The third kappa shape index (κ3) is 3.88. The van der Waals surface area contributed by atoms with Crippen LogP contribution in [-0.4, -0.2) is 15.1 Å². The van der Waals surface area contributed by atoms with Crippen molar-refractivity contribution in [2.24, 2.45) is 0 Å². The number of rotatable bonds is 3. The second-order valence-electron chi connectivity index (χ2n) is 3.89. The van der Waals surface area contributed by atoms with Gasteiger partial charge in [-0.1, -0.05) is 23.4 Å². The molecule has 2 rings (SSSR count). The fourth-order valence-corrected chi connectivity index (χ4v) is 2.65. The first kappa shape index (κ1) is 15.6. The molecule has 0 aromatic carbocycles. The molecule has 21 heavy (non-hydrogen) atoms. The van der Waals surface area contributed by atoms with Gasteiger partial charge in [0.2, 0.25) is 6.20 Å². The van der Waals surface area contributed by atoms with Crippen molar-refractivity contribution in [3.05, 3.63) is 45.1 Å². The number of H-pyrrole nitrogens is 2. The fourth-order valence-electron chi connectivity index (χ4n) is 1.42. The molecule has 3 N–H and O–H groups in total. The minimum atomic E-state index is -4.70. The normalized spacial score (nSPS) is 11.6. The zero-order chi connectivity index (χ0) is 15.6. The Kier molecular flexibility index (Phi) is 4.43. The quantitative estimate of drug-likeness (QED) is 0.664. The summed E-state index contributed by atoms with van der Waals surface area (Å²) in [5.74, 6) is -0.0897. The van der Waals surface area contributed by atoms with Crippen molar-refractivity contribution in [2.75, 3.05) is 0 Å². The predicted molar refractivity (Wildman–Crippen MR) is 69.1 cm³/mol. The van der Waals surface area contributed by atoms with Crippen LogP contribution in [0.25, 0.3) is 0 Å². The molecule has 0 spiro atoms. The lowest BCUT2D eigenvalue weighted by Gasteiger charge is -2.07.